The number of rotatable bonds is 7. The zero-order valence-corrected chi connectivity index (χ0v) is 18.0. The summed E-state index contributed by atoms with van der Waals surface area (Å²) in [5, 5.41) is 11.2. The summed E-state index contributed by atoms with van der Waals surface area (Å²) in [7, 11) is -3.97. The van der Waals surface area contributed by atoms with Gasteiger partial charge in [-0.2, -0.15) is 4.31 Å². The molecule has 0 spiro atoms. The van der Waals surface area contributed by atoms with Gasteiger partial charge in [-0.25, -0.2) is 8.42 Å². The number of sulfonamides is 1. The number of hydrogen-bond donors (Lipinski definition) is 0. The largest absolute Gasteiger partial charge is 0.316 e. The molecule has 2 aliphatic rings. The first-order chi connectivity index (χ1) is 14.3. The van der Waals surface area contributed by atoms with Gasteiger partial charge in [0.2, 0.25) is 15.9 Å². The minimum atomic E-state index is -3.97. The van der Waals surface area contributed by atoms with E-state index in [2.05, 4.69) is 6.08 Å². The Balaban J connectivity index is 1.62. The molecule has 0 unspecified atom stereocenters. The van der Waals surface area contributed by atoms with E-state index >= 15 is 0 Å². The highest BCUT2D eigenvalue weighted by atomic mass is 32.2. The van der Waals surface area contributed by atoms with E-state index in [0.29, 0.717) is 19.6 Å². The zero-order chi connectivity index (χ0) is 21.7. The van der Waals surface area contributed by atoms with E-state index in [1.807, 2.05) is 16.7 Å². The number of piperazine rings is 1. The van der Waals surface area contributed by atoms with Crippen LogP contribution in [-0.2, 0) is 14.8 Å². The number of nitro benzene ring substituents is 1. The summed E-state index contributed by atoms with van der Waals surface area (Å²) in [4.78, 5) is 26.8. The fourth-order valence-corrected chi connectivity index (χ4v) is 5.56. The van der Waals surface area contributed by atoms with Gasteiger partial charge < -0.3 is 4.90 Å². The predicted molar refractivity (Wildman–Crippen MR) is 112 cm³/mol. The number of nitro groups is 1. The quantitative estimate of drug-likeness (QED) is 0.479. The highest BCUT2D eigenvalue weighted by molar-refractivity contribution is 7.89. The molecular weight excluding hydrogens is 408 g/mol. The molecule has 0 bridgehead atoms. The Morgan fingerprint density at radius 3 is 2.47 bits per heavy atom. The number of hydrogen-bond acceptors (Lipinski definition) is 6. The van der Waals surface area contributed by atoms with Crippen molar-refractivity contribution in [2.75, 3.05) is 39.3 Å². The van der Waals surface area contributed by atoms with Gasteiger partial charge in [-0.3, -0.25) is 19.8 Å². The summed E-state index contributed by atoms with van der Waals surface area (Å²) in [5.41, 5.74) is 0.667. The van der Waals surface area contributed by atoms with Crippen molar-refractivity contribution in [3.05, 3.63) is 46.2 Å². The average Bonchev–Trinajstić information content (AvgIpc) is 2.75. The zero-order valence-electron chi connectivity index (χ0n) is 17.2. The van der Waals surface area contributed by atoms with Crippen LogP contribution in [0.1, 0.15) is 32.6 Å². The summed E-state index contributed by atoms with van der Waals surface area (Å²) in [6.07, 6.45) is 6.31. The predicted octanol–water partition coefficient (Wildman–Crippen LogP) is 2.21. The molecule has 1 saturated heterocycles. The standard InChI is InChI=1S/C20H28N4O5S/c1-2-23(17-8-4-3-5-9-17)20(25)16-21-12-14-22(15-13-21)30(28,29)19-11-7-6-10-18(19)24(26)27/h6-8,10-11H,2-5,9,12-16H2,1H3. The van der Waals surface area contributed by atoms with Gasteiger partial charge in [-0.1, -0.05) is 18.2 Å². The monoisotopic (exact) mass is 436 g/mol. The first-order valence-corrected chi connectivity index (χ1v) is 11.7. The fourth-order valence-electron chi connectivity index (χ4n) is 3.98. The Bertz CT molecular complexity index is 923. The lowest BCUT2D eigenvalue weighted by Crippen LogP contribution is -2.51. The second kappa shape index (κ2) is 9.67. The topological polar surface area (TPSA) is 104 Å². The number of carbonyl (C=O) groups excluding carboxylic acids is 1. The number of carbonyl (C=O) groups is 1. The van der Waals surface area contributed by atoms with Crippen LogP contribution in [-0.4, -0.2) is 72.6 Å². The van der Waals surface area contributed by atoms with Crippen molar-refractivity contribution in [1.82, 2.24) is 14.1 Å². The van der Waals surface area contributed by atoms with E-state index < -0.39 is 20.6 Å². The van der Waals surface area contributed by atoms with Crippen LogP contribution in [0, 0.1) is 10.1 Å². The van der Waals surface area contributed by atoms with Crippen LogP contribution in [0.15, 0.2) is 40.9 Å². The van der Waals surface area contributed by atoms with Gasteiger partial charge in [0, 0.05) is 44.5 Å². The molecule has 1 aliphatic heterocycles. The molecular formula is C20H28N4O5S. The number of allylic oxidation sites excluding steroid dienone is 2. The number of para-hydroxylation sites is 1. The van der Waals surface area contributed by atoms with E-state index in [9.17, 15) is 23.3 Å². The number of amides is 1. The van der Waals surface area contributed by atoms with Gasteiger partial charge in [0.1, 0.15) is 0 Å². The first kappa shape index (κ1) is 22.4. The van der Waals surface area contributed by atoms with Crippen LogP contribution >= 0.6 is 0 Å². The van der Waals surface area contributed by atoms with Crippen LogP contribution in [0.4, 0.5) is 5.69 Å². The van der Waals surface area contributed by atoms with E-state index in [1.165, 1.54) is 28.6 Å². The Morgan fingerprint density at radius 1 is 1.17 bits per heavy atom. The molecule has 164 valence electrons. The van der Waals surface area contributed by atoms with Crippen LogP contribution in [0.3, 0.4) is 0 Å². The molecule has 30 heavy (non-hydrogen) atoms. The molecule has 1 aliphatic carbocycles. The maximum atomic E-state index is 12.9. The maximum Gasteiger partial charge on any atom is 0.289 e. The van der Waals surface area contributed by atoms with Crippen molar-refractivity contribution in [1.29, 1.82) is 0 Å². The minimum absolute atomic E-state index is 0.0284. The van der Waals surface area contributed by atoms with Crippen LogP contribution in [0.2, 0.25) is 0 Å². The fraction of sp³-hybridized carbons (Fsp3) is 0.550. The summed E-state index contributed by atoms with van der Waals surface area (Å²) in [5.74, 6) is 0.0284. The lowest BCUT2D eigenvalue weighted by molar-refractivity contribution is -0.387. The normalized spacial score (nSPS) is 18.6. The average molecular weight is 437 g/mol. The van der Waals surface area contributed by atoms with Crippen molar-refractivity contribution in [2.24, 2.45) is 0 Å². The van der Waals surface area contributed by atoms with Crippen molar-refractivity contribution >= 4 is 21.6 Å². The van der Waals surface area contributed by atoms with Gasteiger partial charge in [0.05, 0.1) is 11.5 Å². The Morgan fingerprint density at radius 2 is 1.87 bits per heavy atom. The van der Waals surface area contributed by atoms with Crippen LogP contribution in [0.5, 0.6) is 0 Å². The van der Waals surface area contributed by atoms with Crippen molar-refractivity contribution < 1.29 is 18.1 Å². The number of likely N-dealkylation sites (N-methyl/N-ethyl adjacent to an activating group) is 1. The number of nitrogens with zero attached hydrogens (tertiary/aromatic N) is 4. The molecule has 0 N–H and O–H groups in total. The SMILES string of the molecule is CCN(C(=O)CN1CCN(S(=O)(=O)c2ccccc2[N+](=O)[O-])CC1)C1=CCCCC1. The third-order valence-electron chi connectivity index (χ3n) is 5.60. The van der Waals surface area contributed by atoms with Crippen LogP contribution in [0.25, 0.3) is 0 Å². The van der Waals surface area contributed by atoms with Gasteiger partial charge in [-0.05, 0) is 38.7 Å². The summed E-state index contributed by atoms with van der Waals surface area (Å²) >= 11 is 0. The molecule has 1 fully saturated rings. The summed E-state index contributed by atoms with van der Waals surface area (Å²) in [6.45, 7) is 4.02. The lowest BCUT2D eigenvalue weighted by Gasteiger charge is -2.35. The lowest BCUT2D eigenvalue weighted by atomic mass is 10.0. The second-order valence-corrected chi connectivity index (χ2v) is 9.39. The molecule has 1 aromatic carbocycles. The molecule has 0 radical (unpaired) electrons. The van der Waals surface area contributed by atoms with E-state index in [4.69, 9.17) is 0 Å². The molecule has 0 atom stereocenters. The van der Waals surface area contributed by atoms with Crippen LogP contribution < -0.4 is 0 Å². The van der Waals surface area contributed by atoms with E-state index in [-0.39, 0.29) is 30.4 Å². The Labute approximate surface area is 177 Å². The molecule has 0 aromatic heterocycles. The maximum absolute atomic E-state index is 12.9. The highest BCUT2D eigenvalue weighted by Gasteiger charge is 2.34. The Hall–Kier alpha value is -2.30. The van der Waals surface area contributed by atoms with Crippen molar-refractivity contribution in [3.63, 3.8) is 0 Å². The van der Waals surface area contributed by atoms with Crippen molar-refractivity contribution in [3.8, 4) is 0 Å². The summed E-state index contributed by atoms with van der Waals surface area (Å²) in [6, 6.07) is 5.39. The molecule has 1 heterocycles. The molecule has 0 saturated carbocycles. The first-order valence-electron chi connectivity index (χ1n) is 10.3. The third-order valence-corrected chi connectivity index (χ3v) is 7.55. The smallest absolute Gasteiger partial charge is 0.289 e. The molecule has 3 rings (SSSR count). The van der Waals surface area contributed by atoms with Gasteiger partial charge in [0.25, 0.3) is 5.69 Å². The van der Waals surface area contributed by atoms with E-state index in [1.54, 1.807) is 0 Å². The molecule has 1 aromatic rings. The second-order valence-electron chi connectivity index (χ2n) is 7.48. The minimum Gasteiger partial charge on any atom is -0.316 e. The molecule has 1 amide bonds. The van der Waals surface area contributed by atoms with Gasteiger partial charge >= 0.3 is 0 Å². The van der Waals surface area contributed by atoms with Crippen molar-refractivity contribution in [2.45, 2.75) is 37.5 Å². The van der Waals surface area contributed by atoms with Gasteiger partial charge in [0.15, 0.2) is 4.90 Å². The van der Waals surface area contributed by atoms with E-state index in [0.717, 1.165) is 31.4 Å². The highest BCUT2D eigenvalue weighted by Crippen LogP contribution is 2.27. The molecule has 10 heteroatoms. The summed E-state index contributed by atoms with van der Waals surface area (Å²) < 4.78 is 27.1. The number of benzene rings is 1. The van der Waals surface area contributed by atoms with Gasteiger partial charge in [-0.15, -0.1) is 0 Å². The Kier molecular flexibility index (Phi) is 7.22. The molecule has 9 nitrogen and oxygen atoms in total. The third kappa shape index (κ3) is 4.88.